The summed E-state index contributed by atoms with van der Waals surface area (Å²) in [6, 6.07) is 0.0518. The Bertz CT molecular complexity index is 244. The topological polar surface area (TPSA) is 49.8 Å². The van der Waals surface area contributed by atoms with E-state index < -0.39 is 5.97 Å². The van der Waals surface area contributed by atoms with Crippen LogP contribution < -0.4 is 0 Å². The highest BCUT2D eigenvalue weighted by molar-refractivity contribution is 5.72. The van der Waals surface area contributed by atoms with Gasteiger partial charge in [0.1, 0.15) is 6.04 Å². The molecule has 15 heavy (non-hydrogen) atoms. The van der Waals surface area contributed by atoms with Gasteiger partial charge in [-0.25, -0.2) is 0 Å². The largest absolute Gasteiger partial charge is 0.480 e. The number of hydrogen-bond donors (Lipinski definition) is 1. The van der Waals surface area contributed by atoms with Gasteiger partial charge in [-0.1, -0.05) is 6.42 Å². The second-order valence-electron chi connectivity index (χ2n) is 4.59. The van der Waals surface area contributed by atoms with Crippen LogP contribution in [0.3, 0.4) is 0 Å². The van der Waals surface area contributed by atoms with Crippen LogP contribution >= 0.6 is 0 Å². The lowest BCUT2D eigenvalue weighted by Gasteiger charge is -2.32. The molecule has 1 aliphatic carbocycles. The molecule has 1 N–H and O–H groups in total. The summed E-state index contributed by atoms with van der Waals surface area (Å²) in [5, 5.41) is 9.06. The number of rotatable bonds is 2. The van der Waals surface area contributed by atoms with Crippen molar-refractivity contribution in [2.75, 3.05) is 19.8 Å². The highest BCUT2D eigenvalue weighted by Gasteiger charge is 2.37. The molecule has 0 spiro atoms. The van der Waals surface area contributed by atoms with Crippen molar-refractivity contribution in [1.82, 2.24) is 4.90 Å². The number of fused-ring (bicyclic) bond motifs is 1. The third-order valence-corrected chi connectivity index (χ3v) is 3.73. The Morgan fingerprint density at radius 1 is 1.53 bits per heavy atom. The Morgan fingerprint density at radius 3 is 3.07 bits per heavy atom. The van der Waals surface area contributed by atoms with Crippen molar-refractivity contribution in [2.45, 2.75) is 38.3 Å². The Balaban J connectivity index is 2.10. The van der Waals surface area contributed by atoms with E-state index in [9.17, 15) is 4.79 Å². The average Bonchev–Trinajstić information content (AvgIpc) is 2.57. The molecule has 3 atom stereocenters. The van der Waals surface area contributed by atoms with Crippen molar-refractivity contribution in [1.29, 1.82) is 0 Å². The van der Waals surface area contributed by atoms with E-state index in [1.54, 1.807) is 6.92 Å². The number of aliphatic carboxylic acids is 1. The Kier molecular flexibility index (Phi) is 3.26. The summed E-state index contributed by atoms with van der Waals surface area (Å²) < 4.78 is 5.53. The molecule has 0 aromatic heterocycles. The summed E-state index contributed by atoms with van der Waals surface area (Å²) in [6.07, 6.45) is 3.53. The summed E-state index contributed by atoms with van der Waals surface area (Å²) in [7, 11) is 0. The Hall–Kier alpha value is -0.610. The second kappa shape index (κ2) is 4.49. The predicted molar refractivity (Wildman–Crippen MR) is 55.8 cm³/mol. The van der Waals surface area contributed by atoms with Gasteiger partial charge in [-0.3, -0.25) is 9.69 Å². The van der Waals surface area contributed by atoms with Gasteiger partial charge in [-0.15, -0.1) is 0 Å². The van der Waals surface area contributed by atoms with E-state index in [1.165, 1.54) is 12.8 Å². The van der Waals surface area contributed by atoms with Crippen LogP contribution in [0.25, 0.3) is 0 Å². The van der Waals surface area contributed by atoms with Gasteiger partial charge in [0.05, 0.1) is 13.2 Å². The normalized spacial score (nSPS) is 34.5. The van der Waals surface area contributed by atoms with Crippen LogP contribution in [0.2, 0.25) is 0 Å². The fourth-order valence-electron chi connectivity index (χ4n) is 2.84. The number of hydrogen-bond acceptors (Lipinski definition) is 3. The number of carbonyl (C=O) groups is 1. The first-order chi connectivity index (χ1) is 7.20. The summed E-state index contributed by atoms with van der Waals surface area (Å²) in [4.78, 5) is 13.1. The maximum atomic E-state index is 11.0. The van der Waals surface area contributed by atoms with E-state index in [2.05, 4.69) is 4.90 Å². The lowest BCUT2D eigenvalue weighted by molar-refractivity contribution is -0.143. The molecule has 1 aliphatic heterocycles. The van der Waals surface area contributed by atoms with Gasteiger partial charge < -0.3 is 9.84 Å². The first-order valence-electron chi connectivity index (χ1n) is 5.76. The minimum absolute atomic E-state index is 0.378. The molecule has 1 heterocycles. The van der Waals surface area contributed by atoms with Gasteiger partial charge in [0.25, 0.3) is 0 Å². The zero-order valence-corrected chi connectivity index (χ0v) is 9.19. The SMILES string of the molecule is C[C@H](C(=O)O)N1CCOC[C@@H]2CCC[C@@H]21. The third kappa shape index (κ3) is 2.16. The van der Waals surface area contributed by atoms with Crippen molar-refractivity contribution in [3.05, 3.63) is 0 Å². The predicted octanol–water partition coefficient (Wildman–Crippen LogP) is 0.960. The second-order valence-corrected chi connectivity index (χ2v) is 4.59. The van der Waals surface area contributed by atoms with Crippen LogP contribution in [-0.4, -0.2) is 47.8 Å². The maximum absolute atomic E-state index is 11.0. The standard InChI is InChI=1S/C11H19NO3/c1-8(11(13)14)12-5-6-15-7-9-3-2-4-10(9)12/h8-10H,2-7H2,1H3,(H,13,14)/t8-,9+,10+/m1/s1. The van der Waals surface area contributed by atoms with Gasteiger partial charge in [0.15, 0.2) is 0 Å². The quantitative estimate of drug-likeness (QED) is 0.742. The highest BCUT2D eigenvalue weighted by atomic mass is 16.5. The zero-order valence-electron chi connectivity index (χ0n) is 9.19. The molecule has 4 heteroatoms. The first-order valence-corrected chi connectivity index (χ1v) is 5.76. The summed E-state index contributed by atoms with van der Waals surface area (Å²) >= 11 is 0. The van der Waals surface area contributed by atoms with Gasteiger partial charge in [0.2, 0.25) is 0 Å². The molecule has 0 aromatic carbocycles. The molecule has 2 rings (SSSR count). The van der Waals surface area contributed by atoms with Gasteiger partial charge in [0, 0.05) is 12.6 Å². The number of carboxylic acids is 1. The smallest absolute Gasteiger partial charge is 0.320 e. The van der Waals surface area contributed by atoms with E-state index in [1.807, 2.05) is 0 Å². The molecule has 1 saturated carbocycles. The molecular formula is C11H19NO3. The van der Waals surface area contributed by atoms with E-state index in [0.29, 0.717) is 18.6 Å². The molecule has 4 nitrogen and oxygen atoms in total. The molecule has 1 saturated heterocycles. The summed E-state index contributed by atoms with van der Waals surface area (Å²) in [6.45, 7) is 4.02. The average molecular weight is 213 g/mol. The van der Waals surface area contributed by atoms with Crippen LogP contribution in [0.4, 0.5) is 0 Å². The molecule has 2 fully saturated rings. The highest BCUT2D eigenvalue weighted by Crippen LogP contribution is 2.32. The first kappa shape index (κ1) is 10.9. The zero-order chi connectivity index (χ0) is 10.8. The number of ether oxygens (including phenoxy) is 1. The molecule has 0 unspecified atom stereocenters. The molecule has 0 radical (unpaired) electrons. The Labute approximate surface area is 90.2 Å². The number of carboxylic acid groups (broad SMARTS) is 1. The van der Waals surface area contributed by atoms with Crippen LogP contribution in [-0.2, 0) is 9.53 Å². The third-order valence-electron chi connectivity index (χ3n) is 3.73. The van der Waals surface area contributed by atoms with E-state index in [0.717, 1.165) is 19.6 Å². The molecule has 86 valence electrons. The van der Waals surface area contributed by atoms with Gasteiger partial charge in [-0.2, -0.15) is 0 Å². The minimum atomic E-state index is -0.720. The fraction of sp³-hybridized carbons (Fsp3) is 0.909. The maximum Gasteiger partial charge on any atom is 0.320 e. The molecular weight excluding hydrogens is 194 g/mol. The van der Waals surface area contributed by atoms with E-state index >= 15 is 0 Å². The fourth-order valence-corrected chi connectivity index (χ4v) is 2.84. The van der Waals surface area contributed by atoms with Crippen LogP contribution in [0.5, 0.6) is 0 Å². The molecule has 0 aromatic rings. The Morgan fingerprint density at radius 2 is 2.33 bits per heavy atom. The van der Waals surface area contributed by atoms with E-state index in [-0.39, 0.29) is 6.04 Å². The van der Waals surface area contributed by atoms with Crippen molar-refractivity contribution in [2.24, 2.45) is 5.92 Å². The minimum Gasteiger partial charge on any atom is -0.480 e. The molecule has 2 aliphatic rings. The van der Waals surface area contributed by atoms with Crippen LogP contribution in [0, 0.1) is 5.92 Å². The number of nitrogens with zero attached hydrogens (tertiary/aromatic N) is 1. The van der Waals surface area contributed by atoms with Crippen molar-refractivity contribution in [3.8, 4) is 0 Å². The van der Waals surface area contributed by atoms with Crippen molar-refractivity contribution in [3.63, 3.8) is 0 Å². The molecule has 0 bridgehead atoms. The van der Waals surface area contributed by atoms with Crippen LogP contribution in [0.15, 0.2) is 0 Å². The summed E-state index contributed by atoms with van der Waals surface area (Å²) in [5.41, 5.74) is 0. The van der Waals surface area contributed by atoms with Crippen molar-refractivity contribution >= 4 is 5.97 Å². The van der Waals surface area contributed by atoms with E-state index in [4.69, 9.17) is 9.84 Å². The van der Waals surface area contributed by atoms with Crippen LogP contribution in [0.1, 0.15) is 26.2 Å². The lowest BCUT2D eigenvalue weighted by Crippen LogP contribution is -2.47. The van der Waals surface area contributed by atoms with Gasteiger partial charge in [-0.05, 0) is 25.7 Å². The summed E-state index contributed by atoms with van der Waals surface area (Å²) in [5.74, 6) is -0.170. The van der Waals surface area contributed by atoms with Crippen molar-refractivity contribution < 1.29 is 14.6 Å². The molecule has 0 amide bonds. The lowest BCUT2D eigenvalue weighted by atomic mass is 10.0. The van der Waals surface area contributed by atoms with Gasteiger partial charge >= 0.3 is 5.97 Å². The monoisotopic (exact) mass is 213 g/mol.